The van der Waals surface area contributed by atoms with Crippen LogP contribution in [0.4, 0.5) is 23.2 Å². The number of hydrogen-bond acceptors (Lipinski definition) is 2. The highest BCUT2D eigenvalue weighted by atomic mass is 35.5. The molecule has 0 atom stereocenters. The highest BCUT2D eigenvalue weighted by molar-refractivity contribution is 6.31. The molecule has 0 unspecified atom stereocenters. The van der Waals surface area contributed by atoms with Crippen LogP contribution in [-0.2, 0) is 11.3 Å². The van der Waals surface area contributed by atoms with Crippen molar-refractivity contribution in [1.82, 2.24) is 0 Å². The summed E-state index contributed by atoms with van der Waals surface area (Å²) >= 11 is 6.00. The summed E-state index contributed by atoms with van der Waals surface area (Å²) in [5, 5.41) is 3.21. The number of halogens is 5. The van der Waals surface area contributed by atoms with E-state index in [1.807, 2.05) is 0 Å². The molecule has 140 valence electrons. The molecule has 0 aromatic heterocycles. The predicted octanol–water partition coefficient (Wildman–Crippen LogP) is 5.32. The maximum Gasteiger partial charge on any atom is 0.330 e. The number of ether oxygens (including phenoxy) is 1. The summed E-state index contributed by atoms with van der Waals surface area (Å²) in [6.45, 7) is 0.0355. The number of hydrogen-bond donors (Lipinski definition) is 1. The van der Waals surface area contributed by atoms with E-state index in [4.69, 9.17) is 11.6 Å². The molecule has 0 radical (unpaired) electrons. The quantitative estimate of drug-likeness (QED) is 0.651. The summed E-state index contributed by atoms with van der Waals surface area (Å²) in [6.07, 6.45) is -3.79. The van der Waals surface area contributed by atoms with Crippen LogP contribution in [0.3, 0.4) is 0 Å². The number of carbonyl (C=O) groups is 1. The molecule has 0 spiro atoms. The van der Waals surface area contributed by atoms with Gasteiger partial charge < -0.3 is 10.1 Å². The van der Waals surface area contributed by atoms with Gasteiger partial charge in [-0.1, -0.05) is 29.8 Å². The molecule has 0 aliphatic carbocycles. The van der Waals surface area contributed by atoms with Crippen LogP contribution in [-0.4, -0.2) is 24.9 Å². The van der Waals surface area contributed by atoms with Crippen molar-refractivity contribution in [2.75, 3.05) is 11.9 Å². The number of anilines is 1. The Bertz CT molecular complexity index is 784. The third kappa shape index (κ3) is 5.19. The molecule has 2 aromatic carbocycles. The van der Waals surface area contributed by atoms with E-state index in [0.717, 1.165) is 0 Å². The number of amides is 1. The lowest BCUT2D eigenvalue weighted by atomic mass is 10.1. The first-order valence-corrected chi connectivity index (χ1v) is 7.97. The van der Waals surface area contributed by atoms with Crippen molar-refractivity contribution in [3.05, 3.63) is 64.2 Å². The zero-order valence-corrected chi connectivity index (χ0v) is 14.5. The Balaban J connectivity index is 2.02. The molecule has 0 bridgehead atoms. The van der Waals surface area contributed by atoms with Crippen LogP contribution in [0.5, 0.6) is 0 Å². The summed E-state index contributed by atoms with van der Waals surface area (Å²) in [7, 11) is 0. The van der Waals surface area contributed by atoms with Gasteiger partial charge in [0.1, 0.15) is 6.61 Å². The Labute approximate surface area is 152 Å². The smallest absolute Gasteiger partial charge is 0.330 e. The first-order chi connectivity index (χ1) is 12.2. The second-order valence-corrected chi connectivity index (χ2v) is 6.03. The Hall–Kier alpha value is -2.12. The lowest BCUT2D eigenvalue weighted by Crippen LogP contribution is -2.32. The van der Waals surface area contributed by atoms with Crippen molar-refractivity contribution >= 4 is 23.2 Å². The van der Waals surface area contributed by atoms with E-state index in [1.165, 1.54) is 12.1 Å². The fraction of sp³-hybridized carbons (Fsp3) is 0.278. The average Bonchev–Trinajstić information content (AvgIpc) is 2.59. The molecule has 2 aromatic rings. The van der Waals surface area contributed by atoms with Gasteiger partial charge in [-0.05, 0) is 42.3 Å². The van der Waals surface area contributed by atoms with Crippen molar-refractivity contribution in [3.63, 3.8) is 0 Å². The van der Waals surface area contributed by atoms with Crippen molar-refractivity contribution < 1.29 is 27.1 Å². The fourth-order valence-corrected chi connectivity index (χ4v) is 2.28. The van der Waals surface area contributed by atoms with Crippen molar-refractivity contribution in [3.8, 4) is 0 Å². The highest BCUT2D eigenvalue weighted by Crippen LogP contribution is 2.24. The number of rotatable bonds is 7. The molecule has 3 nitrogen and oxygen atoms in total. The Kier molecular flexibility index (Phi) is 6.61. The predicted molar refractivity (Wildman–Crippen MR) is 91.2 cm³/mol. The van der Waals surface area contributed by atoms with E-state index in [1.54, 1.807) is 37.3 Å². The molecule has 0 fully saturated rings. The van der Waals surface area contributed by atoms with Crippen LogP contribution >= 0.6 is 11.6 Å². The summed E-state index contributed by atoms with van der Waals surface area (Å²) in [5.41, 5.74) is 1.92. The summed E-state index contributed by atoms with van der Waals surface area (Å²) in [6, 6.07) is 11.1. The van der Waals surface area contributed by atoms with Crippen LogP contribution in [0.2, 0.25) is 5.02 Å². The van der Waals surface area contributed by atoms with Crippen LogP contribution < -0.4 is 5.32 Å². The van der Waals surface area contributed by atoms with Crippen LogP contribution in [0.1, 0.15) is 21.5 Å². The van der Waals surface area contributed by atoms with Gasteiger partial charge in [-0.3, -0.25) is 4.79 Å². The molecule has 8 heteroatoms. The van der Waals surface area contributed by atoms with Crippen molar-refractivity contribution in [2.24, 2.45) is 0 Å². The molecular formula is C18H16ClF4NO2. The second-order valence-electron chi connectivity index (χ2n) is 5.62. The Morgan fingerprint density at radius 1 is 1.23 bits per heavy atom. The third-order valence-corrected chi connectivity index (χ3v) is 4.00. The van der Waals surface area contributed by atoms with Gasteiger partial charge in [-0.15, -0.1) is 0 Å². The van der Waals surface area contributed by atoms with Gasteiger partial charge in [0, 0.05) is 16.3 Å². The van der Waals surface area contributed by atoms with Gasteiger partial charge in [-0.25, -0.2) is 8.78 Å². The standard InChI is InChI=1S/C18H16ClF4NO2/c1-11-14(19)6-3-7-15(11)24-16(25)13-5-2-4-12(8-13)9-26-10-18(22,23)17(20)21/h2-8,17H,9-10H2,1H3,(H,24,25). The van der Waals surface area contributed by atoms with E-state index in [0.29, 0.717) is 21.8 Å². The maximum atomic E-state index is 12.8. The molecule has 0 saturated heterocycles. The molecule has 1 amide bonds. The fourth-order valence-electron chi connectivity index (χ4n) is 2.11. The molecule has 0 aliphatic heterocycles. The molecule has 26 heavy (non-hydrogen) atoms. The van der Waals surface area contributed by atoms with Gasteiger partial charge in [0.2, 0.25) is 0 Å². The van der Waals surface area contributed by atoms with E-state index in [9.17, 15) is 22.4 Å². The van der Waals surface area contributed by atoms with Crippen molar-refractivity contribution in [1.29, 1.82) is 0 Å². The Morgan fingerprint density at radius 2 is 1.92 bits per heavy atom. The average molecular weight is 390 g/mol. The van der Waals surface area contributed by atoms with E-state index in [2.05, 4.69) is 10.1 Å². The first-order valence-electron chi connectivity index (χ1n) is 7.60. The topological polar surface area (TPSA) is 38.3 Å². The zero-order valence-electron chi connectivity index (χ0n) is 13.7. The Morgan fingerprint density at radius 3 is 2.62 bits per heavy atom. The highest BCUT2D eigenvalue weighted by Gasteiger charge is 2.40. The number of nitrogens with one attached hydrogen (secondary N) is 1. The zero-order chi connectivity index (χ0) is 19.3. The first kappa shape index (κ1) is 20.2. The molecule has 2 rings (SSSR count). The molecular weight excluding hydrogens is 374 g/mol. The number of benzene rings is 2. The molecule has 0 aliphatic rings. The maximum absolute atomic E-state index is 12.8. The SMILES string of the molecule is Cc1c(Cl)cccc1NC(=O)c1cccc(COCC(F)(F)C(F)F)c1. The van der Waals surface area contributed by atoms with Gasteiger partial charge in [0.05, 0.1) is 6.61 Å². The minimum absolute atomic E-state index is 0.270. The van der Waals surface area contributed by atoms with Gasteiger partial charge in [0.25, 0.3) is 5.91 Å². The van der Waals surface area contributed by atoms with Crippen LogP contribution in [0.15, 0.2) is 42.5 Å². The molecule has 1 N–H and O–H groups in total. The summed E-state index contributed by atoms with van der Waals surface area (Å²) < 4.78 is 54.5. The summed E-state index contributed by atoms with van der Waals surface area (Å²) in [4.78, 5) is 12.3. The van der Waals surface area contributed by atoms with Gasteiger partial charge >= 0.3 is 12.3 Å². The van der Waals surface area contributed by atoms with E-state index in [-0.39, 0.29) is 12.2 Å². The molecule has 0 saturated carbocycles. The number of alkyl halides is 4. The van der Waals surface area contributed by atoms with Crippen LogP contribution in [0, 0.1) is 6.92 Å². The minimum atomic E-state index is -4.21. The number of carbonyl (C=O) groups excluding carboxylic acids is 1. The minimum Gasteiger partial charge on any atom is -0.370 e. The van der Waals surface area contributed by atoms with Crippen molar-refractivity contribution in [2.45, 2.75) is 25.9 Å². The van der Waals surface area contributed by atoms with E-state index >= 15 is 0 Å². The summed E-state index contributed by atoms with van der Waals surface area (Å²) in [5.74, 6) is -4.63. The second kappa shape index (κ2) is 8.51. The molecule has 0 heterocycles. The lowest BCUT2D eigenvalue weighted by molar-refractivity contribution is -0.168. The lowest BCUT2D eigenvalue weighted by Gasteiger charge is -2.15. The monoisotopic (exact) mass is 389 g/mol. The van der Waals surface area contributed by atoms with Gasteiger partial charge in [0.15, 0.2) is 0 Å². The van der Waals surface area contributed by atoms with Gasteiger partial charge in [-0.2, -0.15) is 8.78 Å². The largest absolute Gasteiger partial charge is 0.370 e. The van der Waals surface area contributed by atoms with E-state index < -0.39 is 24.9 Å². The third-order valence-electron chi connectivity index (χ3n) is 3.59. The normalized spacial score (nSPS) is 11.7. The van der Waals surface area contributed by atoms with Crippen LogP contribution in [0.25, 0.3) is 0 Å².